The first-order valence-electron chi connectivity index (χ1n) is 22.8. The van der Waals surface area contributed by atoms with Gasteiger partial charge in [0.25, 0.3) is 0 Å². The third-order valence-electron chi connectivity index (χ3n) is 15.4. The van der Waals surface area contributed by atoms with Gasteiger partial charge in [0.15, 0.2) is 16.6 Å². The number of hydrogen-bond acceptors (Lipinski definition) is 6. The summed E-state index contributed by atoms with van der Waals surface area (Å²) in [6.07, 6.45) is 11.4. The largest absolute Gasteiger partial charge is 0.417 e. The highest BCUT2D eigenvalue weighted by atomic mass is 35.5. The van der Waals surface area contributed by atoms with E-state index in [2.05, 4.69) is 102 Å². The van der Waals surface area contributed by atoms with Crippen LogP contribution in [0.2, 0.25) is 46.3 Å². The number of aliphatic hydroxyl groups excluding tert-OH is 1. The molecule has 2 heterocycles. The standard InChI is InChI=1S/C24H41ClN2OSi.C24H40ClNO2Si/c1-24(2,3)29(4,5)28-17-20-15-22(26)23(16-20)27-12-10-19(11-13-27)14-18-6-8-21(25)9-7-18;1-24(2,3)29(4,5)28-17-20-15-22(23(27)16-20)26-12-10-19(11-13-26)14-18-6-8-21(25)9-7-18/h6-9,19-20,22-23H,10-17,26H2,1-5H3;6-9,19-20,22-23,27H,10-17H2,1-5H3/t20-,22+,23+;20-,22-,23-/m01/s1. The molecule has 0 amide bonds. The van der Waals surface area contributed by atoms with Gasteiger partial charge in [-0.3, -0.25) is 9.80 Å². The Labute approximate surface area is 366 Å². The molecule has 0 bridgehead atoms. The minimum atomic E-state index is -1.71. The van der Waals surface area contributed by atoms with Crippen LogP contribution >= 0.6 is 23.2 Å². The molecule has 6 nitrogen and oxygen atoms in total. The van der Waals surface area contributed by atoms with Gasteiger partial charge in [-0.05, 0) is 186 Å². The number of likely N-dealkylation sites (tertiary alicyclic amines) is 2. The summed E-state index contributed by atoms with van der Waals surface area (Å²) in [6.45, 7) is 29.5. The van der Waals surface area contributed by atoms with Crippen molar-refractivity contribution in [2.45, 2.75) is 166 Å². The molecular formula is C48H81Cl2N3O3Si2. The number of aliphatic hydroxyl groups is 1. The molecule has 4 fully saturated rings. The molecule has 2 saturated carbocycles. The lowest BCUT2D eigenvalue weighted by molar-refractivity contribution is 0.0482. The average molecular weight is 875 g/mol. The Bertz CT molecular complexity index is 1420. The highest BCUT2D eigenvalue weighted by molar-refractivity contribution is 6.74. The van der Waals surface area contributed by atoms with E-state index in [1.54, 1.807) is 0 Å². The zero-order valence-corrected chi connectivity index (χ0v) is 41.6. The summed E-state index contributed by atoms with van der Waals surface area (Å²) >= 11 is 12.0. The van der Waals surface area contributed by atoms with E-state index < -0.39 is 16.6 Å². The third kappa shape index (κ3) is 13.6. The van der Waals surface area contributed by atoms with Crippen molar-refractivity contribution in [2.75, 3.05) is 39.4 Å². The Balaban J connectivity index is 0.000000221. The fraction of sp³-hybridized carbons (Fsp3) is 0.750. The summed E-state index contributed by atoms with van der Waals surface area (Å²) in [5, 5.41) is 12.9. The van der Waals surface area contributed by atoms with E-state index in [9.17, 15) is 5.11 Å². The molecule has 0 unspecified atom stereocenters. The van der Waals surface area contributed by atoms with Gasteiger partial charge in [-0.25, -0.2) is 0 Å². The first-order valence-corrected chi connectivity index (χ1v) is 29.4. The Morgan fingerprint density at radius 1 is 0.586 bits per heavy atom. The minimum absolute atomic E-state index is 0.198. The third-order valence-corrected chi connectivity index (χ3v) is 24.9. The number of nitrogens with two attached hydrogens (primary N) is 1. The van der Waals surface area contributed by atoms with E-state index in [-0.39, 0.29) is 16.2 Å². The first-order chi connectivity index (χ1) is 27.1. The van der Waals surface area contributed by atoms with E-state index in [0.29, 0.717) is 30.0 Å². The van der Waals surface area contributed by atoms with Crippen LogP contribution in [0.25, 0.3) is 0 Å². The molecule has 2 saturated heterocycles. The van der Waals surface area contributed by atoms with Gasteiger partial charge < -0.3 is 19.7 Å². The summed E-state index contributed by atoms with van der Waals surface area (Å²) in [5.74, 6) is 2.64. The first kappa shape index (κ1) is 48.2. The summed E-state index contributed by atoms with van der Waals surface area (Å²) in [6, 6.07) is 17.8. The molecule has 58 heavy (non-hydrogen) atoms. The van der Waals surface area contributed by atoms with E-state index in [0.717, 1.165) is 73.9 Å². The maximum Gasteiger partial charge on any atom is 0.191 e. The molecule has 2 aliphatic heterocycles. The smallest absolute Gasteiger partial charge is 0.191 e. The fourth-order valence-corrected chi connectivity index (χ4v) is 11.7. The lowest BCUT2D eigenvalue weighted by atomic mass is 9.89. The van der Waals surface area contributed by atoms with Gasteiger partial charge in [0.05, 0.1) is 6.10 Å². The predicted octanol–water partition coefficient (Wildman–Crippen LogP) is 11.5. The van der Waals surface area contributed by atoms with E-state index in [1.165, 1.54) is 62.7 Å². The molecule has 6 atom stereocenters. The topological polar surface area (TPSA) is 71.2 Å². The minimum Gasteiger partial charge on any atom is -0.417 e. The van der Waals surface area contributed by atoms with Crippen molar-refractivity contribution in [1.82, 2.24) is 9.80 Å². The molecule has 328 valence electrons. The van der Waals surface area contributed by atoms with Crippen LogP contribution in [-0.2, 0) is 21.7 Å². The van der Waals surface area contributed by atoms with Crippen molar-refractivity contribution >= 4 is 39.8 Å². The molecule has 6 rings (SSSR count). The second kappa shape index (κ2) is 20.6. The monoisotopic (exact) mass is 874 g/mol. The molecule has 3 N–H and O–H groups in total. The second-order valence-electron chi connectivity index (χ2n) is 21.8. The predicted molar refractivity (Wildman–Crippen MR) is 252 cm³/mol. The number of rotatable bonds is 12. The highest BCUT2D eigenvalue weighted by Crippen LogP contribution is 2.40. The molecule has 10 heteroatoms. The van der Waals surface area contributed by atoms with Crippen molar-refractivity contribution in [3.63, 3.8) is 0 Å². The average Bonchev–Trinajstić information content (AvgIpc) is 3.73. The Kier molecular flexibility index (Phi) is 17.1. The summed E-state index contributed by atoms with van der Waals surface area (Å²) in [5.41, 5.74) is 9.40. The van der Waals surface area contributed by atoms with Crippen LogP contribution in [0, 0.1) is 23.7 Å². The molecular weight excluding hydrogens is 794 g/mol. The van der Waals surface area contributed by atoms with Gasteiger partial charge >= 0.3 is 0 Å². The molecule has 2 aliphatic carbocycles. The number of benzene rings is 2. The number of halogens is 2. The maximum absolute atomic E-state index is 10.7. The van der Waals surface area contributed by atoms with Crippen LogP contribution in [0.15, 0.2) is 48.5 Å². The zero-order chi connectivity index (χ0) is 42.5. The number of piperidine rings is 2. The molecule has 0 radical (unpaired) electrons. The van der Waals surface area contributed by atoms with Gasteiger partial charge in [-0.2, -0.15) is 0 Å². The Morgan fingerprint density at radius 2 is 0.948 bits per heavy atom. The van der Waals surface area contributed by atoms with Crippen LogP contribution in [0.1, 0.15) is 104 Å². The molecule has 2 aromatic rings. The molecule has 4 aliphatic rings. The van der Waals surface area contributed by atoms with Crippen molar-refractivity contribution in [3.05, 3.63) is 69.7 Å². The fourth-order valence-electron chi connectivity index (χ4n) is 9.30. The van der Waals surface area contributed by atoms with Crippen LogP contribution < -0.4 is 5.73 Å². The van der Waals surface area contributed by atoms with Crippen molar-refractivity contribution < 1.29 is 14.0 Å². The normalized spacial score (nSPS) is 27.5. The van der Waals surface area contributed by atoms with Crippen LogP contribution in [-0.4, -0.2) is 95.2 Å². The van der Waals surface area contributed by atoms with Crippen molar-refractivity contribution in [1.29, 1.82) is 0 Å². The maximum atomic E-state index is 10.7. The number of hydrogen-bond donors (Lipinski definition) is 2. The van der Waals surface area contributed by atoms with Gasteiger partial charge in [0.1, 0.15) is 0 Å². The number of nitrogens with zero attached hydrogens (tertiary/aromatic N) is 2. The lowest BCUT2D eigenvalue weighted by Crippen LogP contribution is -2.48. The van der Waals surface area contributed by atoms with Crippen LogP contribution in [0.3, 0.4) is 0 Å². The zero-order valence-electron chi connectivity index (χ0n) is 38.0. The van der Waals surface area contributed by atoms with E-state index >= 15 is 0 Å². The Morgan fingerprint density at radius 3 is 1.34 bits per heavy atom. The highest BCUT2D eigenvalue weighted by Gasteiger charge is 2.43. The lowest BCUT2D eigenvalue weighted by Gasteiger charge is -2.38. The summed E-state index contributed by atoms with van der Waals surface area (Å²) in [7, 11) is -3.38. The van der Waals surface area contributed by atoms with Crippen LogP contribution in [0.4, 0.5) is 0 Å². The quantitative estimate of drug-likeness (QED) is 0.207. The van der Waals surface area contributed by atoms with E-state index in [4.69, 9.17) is 37.8 Å². The molecule has 2 aromatic carbocycles. The van der Waals surface area contributed by atoms with Gasteiger partial charge in [-0.15, -0.1) is 0 Å². The molecule has 0 aromatic heterocycles. The van der Waals surface area contributed by atoms with Crippen LogP contribution in [0.5, 0.6) is 0 Å². The van der Waals surface area contributed by atoms with E-state index in [1.807, 2.05) is 24.3 Å². The van der Waals surface area contributed by atoms with Crippen molar-refractivity contribution in [3.8, 4) is 0 Å². The molecule has 0 spiro atoms. The Hall–Kier alpha value is -0.786. The SMILES string of the molecule is CC(C)(C)[Si](C)(C)OC[C@H]1C[C@@H](N)[C@H](N2CCC(Cc3ccc(Cl)cc3)CC2)C1.CC(C)(C)[Si](C)(C)OC[C@H]1C[C@@H](O)[C@H](N2CCC(Cc3ccc(Cl)cc3)CC2)C1. The van der Waals surface area contributed by atoms with Gasteiger partial charge in [0.2, 0.25) is 0 Å². The van der Waals surface area contributed by atoms with Crippen molar-refractivity contribution in [2.24, 2.45) is 29.4 Å². The summed E-state index contributed by atoms with van der Waals surface area (Å²) < 4.78 is 13.0. The summed E-state index contributed by atoms with van der Waals surface area (Å²) in [4.78, 5) is 5.23. The van der Waals surface area contributed by atoms with Gasteiger partial charge in [0, 0.05) is 41.4 Å². The van der Waals surface area contributed by atoms with Gasteiger partial charge in [-0.1, -0.05) is 89.0 Å². The second-order valence-corrected chi connectivity index (χ2v) is 32.3.